The van der Waals surface area contributed by atoms with Crippen molar-refractivity contribution >= 4 is 13.9 Å². The van der Waals surface area contributed by atoms with Crippen LogP contribution in [0.2, 0.25) is 0 Å². The molecule has 0 radical (unpaired) electrons. The van der Waals surface area contributed by atoms with Crippen LogP contribution >= 0.6 is 8.58 Å². The van der Waals surface area contributed by atoms with Gasteiger partial charge in [-0.25, -0.2) is 0 Å². The number of benzene rings is 3. The molecule has 2 unspecified atom stereocenters. The van der Waals surface area contributed by atoms with Gasteiger partial charge in [0.15, 0.2) is 0 Å². The van der Waals surface area contributed by atoms with Gasteiger partial charge in [0.25, 0.3) is 0 Å². The number of rotatable bonds is 8. The third kappa shape index (κ3) is 5.56. The van der Waals surface area contributed by atoms with Crippen molar-refractivity contribution in [1.82, 2.24) is 4.90 Å². The lowest BCUT2D eigenvalue weighted by Crippen LogP contribution is -2.25. The second-order valence-electron chi connectivity index (χ2n) is 9.06. The molecule has 3 aromatic carbocycles. The fourth-order valence-electron chi connectivity index (χ4n) is 4.28. The summed E-state index contributed by atoms with van der Waals surface area (Å²) in [5.74, 6) is 0.457. The van der Waals surface area contributed by atoms with Crippen molar-refractivity contribution in [3.8, 4) is 5.75 Å². The monoisotopic (exact) mass is 433 g/mol. The van der Waals surface area contributed by atoms with Gasteiger partial charge >= 0.3 is 0 Å². The summed E-state index contributed by atoms with van der Waals surface area (Å²) in [5, 5.41) is 12.2. The van der Waals surface area contributed by atoms with E-state index in [2.05, 4.69) is 100 Å². The molecule has 0 aliphatic carbocycles. The summed E-state index contributed by atoms with van der Waals surface area (Å²) in [7, 11) is 2.78. The van der Waals surface area contributed by atoms with E-state index in [-0.39, 0.29) is 5.16 Å². The van der Waals surface area contributed by atoms with Gasteiger partial charge in [0.2, 0.25) is 0 Å². The van der Waals surface area contributed by atoms with Crippen LogP contribution in [0.5, 0.6) is 5.75 Å². The summed E-state index contributed by atoms with van der Waals surface area (Å²) in [5.41, 5.74) is 7.32. The van der Waals surface area contributed by atoms with E-state index in [0.717, 1.165) is 30.6 Å². The summed E-state index contributed by atoms with van der Waals surface area (Å²) in [6.45, 7) is 12.7. The summed E-state index contributed by atoms with van der Waals surface area (Å²) in [6.07, 6.45) is 0.982. The molecule has 0 spiro atoms. The average Bonchev–Trinajstić information content (AvgIpc) is 2.73. The van der Waals surface area contributed by atoms with Crippen molar-refractivity contribution in [1.29, 1.82) is 0 Å². The molecule has 0 fully saturated rings. The van der Waals surface area contributed by atoms with Crippen LogP contribution in [0.4, 0.5) is 0 Å². The Balaban J connectivity index is 1.92. The lowest BCUT2D eigenvalue weighted by Gasteiger charge is -2.33. The zero-order chi connectivity index (χ0) is 22.6. The SMILES string of the molecule is CCC(C)(Pc1c(C)cccc1CN(C)Cc1ccccc1)c1cc(C)cc(C)c1O. The first-order valence-corrected chi connectivity index (χ1v) is 12.1. The van der Waals surface area contributed by atoms with Crippen molar-refractivity contribution in [2.75, 3.05) is 7.05 Å². The van der Waals surface area contributed by atoms with Crippen LogP contribution < -0.4 is 5.30 Å². The van der Waals surface area contributed by atoms with Crippen molar-refractivity contribution < 1.29 is 5.11 Å². The smallest absolute Gasteiger partial charge is 0.122 e. The number of hydrogen-bond acceptors (Lipinski definition) is 2. The van der Waals surface area contributed by atoms with Crippen LogP contribution in [0, 0.1) is 20.8 Å². The highest BCUT2D eigenvalue weighted by Crippen LogP contribution is 2.48. The third-order valence-corrected chi connectivity index (χ3v) is 8.38. The number of phenolic OH excluding ortho intramolecular Hbond substituents is 1. The van der Waals surface area contributed by atoms with E-state index in [1.54, 1.807) is 0 Å². The predicted octanol–water partition coefficient (Wildman–Crippen LogP) is 6.58. The summed E-state index contributed by atoms with van der Waals surface area (Å²) < 4.78 is 0. The Bertz CT molecular complexity index is 1030. The first-order chi connectivity index (χ1) is 14.7. The zero-order valence-electron chi connectivity index (χ0n) is 19.8. The van der Waals surface area contributed by atoms with Gasteiger partial charge in [-0.15, -0.1) is 0 Å². The molecule has 0 saturated heterocycles. The van der Waals surface area contributed by atoms with E-state index in [1.807, 2.05) is 6.92 Å². The molecule has 0 aliphatic heterocycles. The molecule has 0 heterocycles. The lowest BCUT2D eigenvalue weighted by molar-refractivity contribution is 0.320. The van der Waals surface area contributed by atoms with E-state index >= 15 is 0 Å². The number of aromatic hydroxyl groups is 1. The first kappa shape index (κ1) is 23.5. The van der Waals surface area contributed by atoms with Gasteiger partial charge in [-0.3, -0.25) is 4.90 Å². The molecule has 31 heavy (non-hydrogen) atoms. The molecule has 3 aromatic rings. The second-order valence-corrected chi connectivity index (χ2v) is 10.9. The van der Waals surface area contributed by atoms with Gasteiger partial charge in [-0.1, -0.05) is 88.7 Å². The van der Waals surface area contributed by atoms with Crippen LogP contribution in [0.15, 0.2) is 60.7 Å². The largest absolute Gasteiger partial charge is 0.507 e. The molecule has 0 saturated carbocycles. The van der Waals surface area contributed by atoms with Crippen molar-refractivity contribution in [3.63, 3.8) is 0 Å². The third-order valence-electron chi connectivity index (χ3n) is 6.24. The Labute approximate surface area is 190 Å². The normalized spacial score (nSPS) is 13.8. The van der Waals surface area contributed by atoms with E-state index in [4.69, 9.17) is 0 Å². The number of aryl methyl sites for hydroxylation is 3. The molecular formula is C28H36NOP. The maximum absolute atomic E-state index is 10.9. The number of phenols is 1. The minimum Gasteiger partial charge on any atom is -0.507 e. The molecule has 0 amide bonds. The summed E-state index contributed by atoms with van der Waals surface area (Å²) in [4.78, 5) is 2.38. The molecule has 0 aliphatic rings. The van der Waals surface area contributed by atoms with Crippen LogP contribution in [-0.2, 0) is 18.2 Å². The Morgan fingerprint density at radius 3 is 2.29 bits per heavy atom. The maximum atomic E-state index is 10.9. The lowest BCUT2D eigenvalue weighted by atomic mass is 9.93. The molecule has 3 heteroatoms. The minimum atomic E-state index is -0.0975. The van der Waals surface area contributed by atoms with Gasteiger partial charge in [-0.05, 0) is 61.8 Å². The average molecular weight is 434 g/mol. The highest BCUT2D eigenvalue weighted by atomic mass is 31.1. The molecule has 2 nitrogen and oxygen atoms in total. The Hall–Kier alpha value is -2.15. The van der Waals surface area contributed by atoms with E-state index in [1.165, 1.54) is 27.6 Å². The highest BCUT2D eigenvalue weighted by molar-refractivity contribution is 7.48. The molecule has 164 valence electrons. The van der Waals surface area contributed by atoms with Gasteiger partial charge in [-0.2, -0.15) is 0 Å². The quantitative estimate of drug-likeness (QED) is 0.406. The van der Waals surface area contributed by atoms with Crippen LogP contribution in [-0.4, -0.2) is 17.1 Å². The van der Waals surface area contributed by atoms with Gasteiger partial charge in [0, 0.05) is 23.8 Å². The van der Waals surface area contributed by atoms with E-state index in [0.29, 0.717) is 14.3 Å². The second kappa shape index (κ2) is 9.98. The van der Waals surface area contributed by atoms with Crippen LogP contribution in [0.1, 0.15) is 53.6 Å². The standard InChI is InChI=1S/C28H36NOP/c1-7-28(5,25-17-20(2)16-22(4)26(25)30)31-27-21(3)12-11-15-24(27)19-29(6)18-23-13-9-8-10-14-23/h8-17,30-31H,7,18-19H2,1-6H3. The van der Waals surface area contributed by atoms with Crippen molar-refractivity contribution in [3.05, 3.63) is 94.0 Å². The van der Waals surface area contributed by atoms with Crippen LogP contribution in [0.25, 0.3) is 0 Å². The van der Waals surface area contributed by atoms with E-state index in [9.17, 15) is 5.11 Å². The molecule has 2 atom stereocenters. The van der Waals surface area contributed by atoms with Crippen LogP contribution in [0.3, 0.4) is 0 Å². The van der Waals surface area contributed by atoms with Gasteiger partial charge in [0.1, 0.15) is 5.75 Å². The van der Waals surface area contributed by atoms with E-state index < -0.39 is 0 Å². The molecular weight excluding hydrogens is 397 g/mol. The number of nitrogens with zero attached hydrogens (tertiary/aromatic N) is 1. The molecule has 3 rings (SSSR count). The molecule has 0 bridgehead atoms. The Kier molecular flexibility index (Phi) is 7.57. The van der Waals surface area contributed by atoms with Crippen molar-refractivity contribution in [2.24, 2.45) is 0 Å². The summed E-state index contributed by atoms with van der Waals surface area (Å²) in [6, 6.07) is 21.6. The topological polar surface area (TPSA) is 23.5 Å². The first-order valence-electron chi connectivity index (χ1n) is 11.1. The highest BCUT2D eigenvalue weighted by Gasteiger charge is 2.30. The Morgan fingerprint density at radius 1 is 0.903 bits per heavy atom. The molecule has 0 aromatic heterocycles. The fourth-order valence-corrected chi connectivity index (χ4v) is 5.94. The van der Waals surface area contributed by atoms with Crippen molar-refractivity contribution in [2.45, 2.75) is 59.3 Å². The number of hydrogen-bond donors (Lipinski definition) is 1. The van der Waals surface area contributed by atoms with Gasteiger partial charge < -0.3 is 5.11 Å². The predicted molar refractivity (Wildman–Crippen MR) is 136 cm³/mol. The molecule has 1 N–H and O–H groups in total. The minimum absolute atomic E-state index is 0.0975. The zero-order valence-corrected chi connectivity index (χ0v) is 20.8. The maximum Gasteiger partial charge on any atom is 0.122 e. The van der Waals surface area contributed by atoms with Gasteiger partial charge in [0.05, 0.1) is 0 Å². The Morgan fingerprint density at radius 2 is 1.61 bits per heavy atom. The summed E-state index contributed by atoms with van der Waals surface area (Å²) >= 11 is 0. The fraction of sp³-hybridized carbons (Fsp3) is 0.357.